The summed E-state index contributed by atoms with van der Waals surface area (Å²) in [4.78, 5) is 9.86. The van der Waals surface area contributed by atoms with Crippen LogP contribution in [0.4, 0.5) is 0 Å². The second kappa shape index (κ2) is 4.18. The van der Waals surface area contributed by atoms with Gasteiger partial charge in [-0.05, 0) is 17.7 Å². The molecule has 0 bridgehead atoms. The number of aromatic amines is 1. The van der Waals surface area contributed by atoms with Crippen LogP contribution < -0.4 is 0 Å². The third-order valence-corrected chi connectivity index (χ3v) is 1.84. The zero-order chi connectivity index (χ0) is 10.5. The minimum Gasteiger partial charge on any atom is -0.360 e. The Morgan fingerprint density at radius 3 is 3.40 bits per heavy atom. The van der Waals surface area contributed by atoms with E-state index in [1.54, 1.807) is 6.20 Å². The number of pyridine rings is 1. The lowest BCUT2D eigenvalue weighted by Crippen LogP contribution is -1.79. The van der Waals surface area contributed by atoms with E-state index in [1.165, 1.54) is 0 Å². The molecule has 1 N–H and O–H groups in total. The quantitative estimate of drug-likeness (QED) is 0.323. The summed E-state index contributed by atoms with van der Waals surface area (Å²) in [7, 11) is 0. The molecule has 2 heterocycles. The van der Waals surface area contributed by atoms with Gasteiger partial charge in [0.2, 0.25) is 0 Å². The van der Waals surface area contributed by atoms with E-state index < -0.39 is 0 Å². The van der Waals surface area contributed by atoms with Crippen LogP contribution in [-0.2, 0) is 0 Å². The van der Waals surface area contributed by atoms with Crippen LogP contribution in [0.1, 0.15) is 5.56 Å². The van der Waals surface area contributed by atoms with Crippen LogP contribution in [0.15, 0.2) is 29.6 Å². The standard InChI is InChI=1S/C10H7N5/c11-15-14-4-1-2-8-6-10-9(13-7-8)3-5-12-10/h3,5-7,12H,4H2. The SMILES string of the molecule is [N-]=[N+]=NCC#Cc1cnc2cc[nH]c2c1. The third kappa shape index (κ3) is 2.08. The number of hydrogen-bond acceptors (Lipinski definition) is 2. The van der Waals surface area contributed by atoms with Crippen molar-refractivity contribution in [3.63, 3.8) is 0 Å². The number of nitrogens with zero attached hydrogens (tertiary/aromatic N) is 4. The van der Waals surface area contributed by atoms with E-state index in [2.05, 4.69) is 31.8 Å². The molecular weight excluding hydrogens is 190 g/mol. The maximum absolute atomic E-state index is 8.05. The molecule has 0 aliphatic heterocycles. The van der Waals surface area contributed by atoms with Crippen LogP contribution in [0.2, 0.25) is 0 Å². The summed E-state index contributed by atoms with van der Waals surface area (Å²) in [6.07, 6.45) is 3.52. The van der Waals surface area contributed by atoms with Gasteiger partial charge in [0.15, 0.2) is 0 Å². The fourth-order valence-corrected chi connectivity index (χ4v) is 1.21. The minimum atomic E-state index is 0.180. The van der Waals surface area contributed by atoms with Crippen molar-refractivity contribution in [3.8, 4) is 11.8 Å². The Morgan fingerprint density at radius 2 is 2.53 bits per heavy atom. The Hall–Kier alpha value is -2.44. The second-order valence-electron chi connectivity index (χ2n) is 2.83. The average molecular weight is 197 g/mol. The normalized spacial score (nSPS) is 9.07. The highest BCUT2D eigenvalue weighted by Crippen LogP contribution is 2.09. The molecule has 0 atom stereocenters. The van der Waals surface area contributed by atoms with E-state index in [0.29, 0.717) is 0 Å². The van der Waals surface area contributed by atoms with Crippen LogP contribution in [0.3, 0.4) is 0 Å². The summed E-state index contributed by atoms with van der Waals surface area (Å²) in [5, 5.41) is 3.32. The van der Waals surface area contributed by atoms with Gasteiger partial charge >= 0.3 is 0 Å². The maximum Gasteiger partial charge on any atom is 0.0880 e. The molecule has 0 saturated carbocycles. The van der Waals surface area contributed by atoms with Gasteiger partial charge in [-0.2, -0.15) is 0 Å². The molecule has 0 aromatic carbocycles. The summed E-state index contributed by atoms with van der Waals surface area (Å²) < 4.78 is 0. The molecule has 72 valence electrons. The second-order valence-corrected chi connectivity index (χ2v) is 2.83. The molecule has 0 amide bonds. The minimum absolute atomic E-state index is 0.180. The lowest BCUT2D eigenvalue weighted by atomic mass is 10.2. The van der Waals surface area contributed by atoms with E-state index >= 15 is 0 Å². The largest absolute Gasteiger partial charge is 0.360 e. The van der Waals surface area contributed by atoms with Crippen LogP contribution in [0.25, 0.3) is 21.5 Å². The average Bonchev–Trinajstić information content (AvgIpc) is 2.71. The Bertz CT molecular complexity index is 580. The van der Waals surface area contributed by atoms with Gasteiger partial charge in [0, 0.05) is 22.9 Å². The van der Waals surface area contributed by atoms with Gasteiger partial charge in [-0.1, -0.05) is 17.0 Å². The van der Waals surface area contributed by atoms with Crippen molar-refractivity contribution in [2.24, 2.45) is 5.11 Å². The van der Waals surface area contributed by atoms with Gasteiger partial charge < -0.3 is 4.98 Å². The molecule has 0 spiro atoms. The van der Waals surface area contributed by atoms with Crippen molar-refractivity contribution in [3.05, 3.63) is 40.5 Å². The Kier molecular flexibility index (Phi) is 2.54. The molecule has 0 fully saturated rings. The Morgan fingerprint density at radius 1 is 1.60 bits per heavy atom. The molecule has 0 unspecified atom stereocenters. The molecule has 0 aliphatic carbocycles. The first kappa shape index (κ1) is 9.13. The lowest BCUT2D eigenvalue weighted by molar-refractivity contribution is 1.25. The van der Waals surface area contributed by atoms with Crippen molar-refractivity contribution >= 4 is 11.0 Å². The first-order valence-corrected chi connectivity index (χ1v) is 4.33. The Labute approximate surface area is 85.8 Å². The van der Waals surface area contributed by atoms with Crippen molar-refractivity contribution in [2.75, 3.05) is 6.54 Å². The van der Waals surface area contributed by atoms with Crippen LogP contribution in [0, 0.1) is 11.8 Å². The molecule has 2 aromatic heterocycles. The van der Waals surface area contributed by atoms with E-state index in [-0.39, 0.29) is 6.54 Å². The monoisotopic (exact) mass is 197 g/mol. The number of nitrogens with one attached hydrogen (secondary N) is 1. The zero-order valence-corrected chi connectivity index (χ0v) is 7.81. The van der Waals surface area contributed by atoms with Gasteiger partial charge in [-0.25, -0.2) is 0 Å². The van der Waals surface area contributed by atoms with E-state index in [4.69, 9.17) is 5.53 Å². The molecule has 5 nitrogen and oxygen atoms in total. The van der Waals surface area contributed by atoms with Crippen molar-refractivity contribution in [1.82, 2.24) is 9.97 Å². The van der Waals surface area contributed by atoms with Gasteiger partial charge in [-0.15, -0.1) is 0 Å². The maximum atomic E-state index is 8.05. The third-order valence-electron chi connectivity index (χ3n) is 1.84. The molecule has 0 radical (unpaired) electrons. The van der Waals surface area contributed by atoms with Gasteiger partial charge in [0.05, 0.1) is 17.6 Å². The summed E-state index contributed by atoms with van der Waals surface area (Å²) in [5.41, 5.74) is 10.7. The number of azide groups is 1. The van der Waals surface area contributed by atoms with Crippen LogP contribution >= 0.6 is 0 Å². The summed E-state index contributed by atoms with van der Waals surface area (Å²) in [6, 6.07) is 3.80. The number of fused-ring (bicyclic) bond motifs is 1. The van der Waals surface area contributed by atoms with E-state index in [9.17, 15) is 0 Å². The number of H-pyrrole nitrogens is 1. The fraction of sp³-hybridized carbons (Fsp3) is 0.100. The molecule has 15 heavy (non-hydrogen) atoms. The highest BCUT2D eigenvalue weighted by Gasteiger charge is 1.94. The molecule has 2 rings (SSSR count). The highest BCUT2D eigenvalue weighted by molar-refractivity contribution is 5.75. The van der Waals surface area contributed by atoms with Crippen LogP contribution in [0.5, 0.6) is 0 Å². The van der Waals surface area contributed by atoms with Gasteiger partial charge in [0.1, 0.15) is 0 Å². The molecular formula is C10H7N5. The van der Waals surface area contributed by atoms with Crippen molar-refractivity contribution in [1.29, 1.82) is 0 Å². The smallest absolute Gasteiger partial charge is 0.0880 e. The number of hydrogen-bond donors (Lipinski definition) is 1. The highest BCUT2D eigenvalue weighted by atomic mass is 15.1. The predicted octanol–water partition coefficient (Wildman–Crippen LogP) is 2.22. The fourth-order valence-electron chi connectivity index (χ4n) is 1.21. The topological polar surface area (TPSA) is 77.4 Å². The van der Waals surface area contributed by atoms with Gasteiger partial charge in [-0.3, -0.25) is 4.98 Å². The first-order chi connectivity index (χ1) is 7.40. The molecule has 0 saturated heterocycles. The molecule has 0 aliphatic rings. The summed E-state index contributed by atoms with van der Waals surface area (Å²) in [5.74, 6) is 5.60. The first-order valence-electron chi connectivity index (χ1n) is 4.33. The Balaban J connectivity index is 2.26. The molecule has 2 aromatic rings. The van der Waals surface area contributed by atoms with Crippen LogP contribution in [-0.4, -0.2) is 16.5 Å². The lowest BCUT2D eigenvalue weighted by Gasteiger charge is -1.90. The van der Waals surface area contributed by atoms with E-state index in [1.807, 2.05) is 18.3 Å². The van der Waals surface area contributed by atoms with Gasteiger partial charge in [0.25, 0.3) is 0 Å². The van der Waals surface area contributed by atoms with E-state index in [0.717, 1.165) is 16.6 Å². The number of aromatic nitrogens is 2. The molecule has 5 heteroatoms. The van der Waals surface area contributed by atoms with Crippen molar-refractivity contribution in [2.45, 2.75) is 0 Å². The number of rotatable bonds is 1. The van der Waals surface area contributed by atoms with Crippen molar-refractivity contribution < 1.29 is 0 Å². The summed E-state index contributed by atoms with van der Waals surface area (Å²) in [6.45, 7) is 0.180. The zero-order valence-electron chi connectivity index (χ0n) is 7.81. The predicted molar refractivity (Wildman–Crippen MR) is 57.0 cm³/mol. The summed E-state index contributed by atoms with van der Waals surface area (Å²) >= 11 is 0.